The van der Waals surface area contributed by atoms with Crippen LogP contribution in [0.3, 0.4) is 0 Å². The fourth-order valence-corrected chi connectivity index (χ4v) is 3.64. The zero-order valence-electron chi connectivity index (χ0n) is 12.9. The molecule has 0 saturated carbocycles. The molecule has 1 atom stereocenters. The smallest absolute Gasteiger partial charge is 0.258 e. The molecule has 1 aromatic carbocycles. The molecule has 126 valence electrons. The monoisotopic (exact) mass is 365 g/mol. The molecular formula is C15H17N4O3S2+. The fraction of sp³-hybridized carbons (Fsp3) is 0.200. The Kier molecular flexibility index (Phi) is 4.50. The van der Waals surface area contributed by atoms with Crippen molar-refractivity contribution in [2.45, 2.75) is 24.4 Å². The maximum absolute atomic E-state index is 12.0. The Morgan fingerprint density at radius 1 is 1.33 bits per heavy atom. The van der Waals surface area contributed by atoms with E-state index in [-0.39, 0.29) is 16.5 Å². The van der Waals surface area contributed by atoms with Gasteiger partial charge in [-0.1, -0.05) is 12.1 Å². The molecule has 24 heavy (non-hydrogen) atoms. The predicted octanol–water partition coefficient (Wildman–Crippen LogP) is 0.228. The highest BCUT2D eigenvalue weighted by molar-refractivity contribution is 7.89. The third kappa shape index (κ3) is 3.54. The van der Waals surface area contributed by atoms with Crippen molar-refractivity contribution < 1.29 is 13.7 Å². The topological polar surface area (TPSA) is 111 Å². The zero-order chi connectivity index (χ0) is 17.3. The van der Waals surface area contributed by atoms with Crippen molar-refractivity contribution in [2.24, 2.45) is 5.14 Å². The zero-order valence-corrected chi connectivity index (χ0v) is 14.5. The standard InChI is InChI=1S/C15H16N4O3S2/c1-10(11-2-4-13(5-3-11)24(16,21)22)17-9-12-8-14(20)19-6-7-23-15(19)18-12/h2-8,10,17H,9H2,1H3,(H2,16,21,22)/p+1/t10-/m1/s1. The van der Waals surface area contributed by atoms with Crippen LogP contribution in [-0.4, -0.2) is 17.8 Å². The van der Waals surface area contributed by atoms with Gasteiger partial charge in [0.05, 0.1) is 4.90 Å². The molecule has 2 heterocycles. The number of hydrogen-bond acceptors (Lipinski definition) is 5. The molecule has 7 nitrogen and oxygen atoms in total. The first-order valence-electron chi connectivity index (χ1n) is 7.26. The van der Waals surface area contributed by atoms with Crippen LogP contribution >= 0.6 is 11.3 Å². The van der Waals surface area contributed by atoms with Gasteiger partial charge in [-0.05, 0) is 19.1 Å². The number of nitrogens with zero attached hydrogens (tertiary/aromatic N) is 2. The minimum Gasteiger partial charge on any atom is -0.335 e. The van der Waals surface area contributed by atoms with E-state index in [2.05, 4.69) is 4.98 Å². The van der Waals surface area contributed by atoms with E-state index in [0.29, 0.717) is 11.5 Å². The van der Waals surface area contributed by atoms with Gasteiger partial charge in [0, 0.05) is 23.2 Å². The third-order valence-electron chi connectivity index (χ3n) is 3.77. The summed E-state index contributed by atoms with van der Waals surface area (Å²) in [5.41, 5.74) is 1.60. The van der Waals surface area contributed by atoms with Gasteiger partial charge in [-0.25, -0.2) is 18.5 Å². The molecule has 0 spiro atoms. The molecule has 0 amide bonds. The Balaban J connectivity index is 1.72. The molecule has 0 fully saturated rings. The van der Waals surface area contributed by atoms with Gasteiger partial charge in [-0.2, -0.15) is 0 Å². The summed E-state index contributed by atoms with van der Waals surface area (Å²) in [5.74, 6) is 0. The van der Waals surface area contributed by atoms with Gasteiger partial charge < -0.3 is 5.32 Å². The number of quaternary nitrogens is 1. The lowest BCUT2D eigenvalue weighted by Crippen LogP contribution is -2.83. The lowest BCUT2D eigenvalue weighted by atomic mass is 10.1. The van der Waals surface area contributed by atoms with Crippen LogP contribution in [0.4, 0.5) is 0 Å². The number of sulfonamides is 1. The van der Waals surface area contributed by atoms with E-state index >= 15 is 0 Å². The van der Waals surface area contributed by atoms with Crippen LogP contribution in [0.15, 0.2) is 51.6 Å². The lowest BCUT2D eigenvalue weighted by Gasteiger charge is -2.11. The van der Waals surface area contributed by atoms with Crippen LogP contribution in [-0.2, 0) is 16.6 Å². The van der Waals surface area contributed by atoms with Gasteiger partial charge in [0.1, 0.15) is 18.3 Å². The van der Waals surface area contributed by atoms with Crippen LogP contribution in [0.25, 0.3) is 4.96 Å². The van der Waals surface area contributed by atoms with Crippen LogP contribution in [0, 0.1) is 0 Å². The highest BCUT2D eigenvalue weighted by Gasteiger charge is 2.13. The molecule has 0 aliphatic rings. The van der Waals surface area contributed by atoms with E-state index in [4.69, 9.17) is 5.14 Å². The first-order valence-corrected chi connectivity index (χ1v) is 9.69. The summed E-state index contributed by atoms with van der Waals surface area (Å²) in [6.07, 6.45) is 1.71. The van der Waals surface area contributed by atoms with Crippen molar-refractivity contribution in [3.05, 3.63) is 63.5 Å². The van der Waals surface area contributed by atoms with Crippen LogP contribution in [0.2, 0.25) is 0 Å². The summed E-state index contributed by atoms with van der Waals surface area (Å²) in [7, 11) is -3.68. The minimum atomic E-state index is -3.68. The second-order valence-electron chi connectivity index (χ2n) is 5.48. The van der Waals surface area contributed by atoms with Gasteiger partial charge in [0.25, 0.3) is 5.56 Å². The van der Waals surface area contributed by atoms with E-state index in [1.807, 2.05) is 17.6 Å². The molecule has 0 aliphatic heterocycles. The molecule has 3 rings (SSSR count). The predicted molar refractivity (Wildman–Crippen MR) is 91.2 cm³/mol. The molecule has 0 unspecified atom stereocenters. The van der Waals surface area contributed by atoms with Crippen molar-refractivity contribution in [2.75, 3.05) is 0 Å². The number of rotatable bonds is 5. The third-order valence-corrected chi connectivity index (χ3v) is 5.46. The SMILES string of the molecule is C[C@@H]([NH2+]Cc1cc(=O)n2ccsc2n1)c1ccc(S(N)(=O)=O)cc1. The summed E-state index contributed by atoms with van der Waals surface area (Å²) in [4.78, 5) is 17.2. The number of aromatic nitrogens is 2. The molecule has 0 saturated heterocycles. The average molecular weight is 365 g/mol. The largest absolute Gasteiger partial charge is 0.335 e. The van der Waals surface area contributed by atoms with Crippen LogP contribution < -0.4 is 16.0 Å². The molecule has 2 aromatic heterocycles. The Bertz CT molecular complexity index is 1020. The summed E-state index contributed by atoms with van der Waals surface area (Å²) in [6.45, 7) is 2.56. The van der Waals surface area contributed by atoms with E-state index in [9.17, 15) is 13.2 Å². The quantitative estimate of drug-likeness (QED) is 0.674. The van der Waals surface area contributed by atoms with E-state index in [1.54, 1.807) is 18.3 Å². The Labute approximate surface area is 142 Å². The molecule has 9 heteroatoms. The van der Waals surface area contributed by atoms with Crippen molar-refractivity contribution in [3.8, 4) is 0 Å². The van der Waals surface area contributed by atoms with Crippen LogP contribution in [0.1, 0.15) is 24.2 Å². The maximum atomic E-state index is 12.0. The second-order valence-corrected chi connectivity index (χ2v) is 7.92. The Hall–Kier alpha value is -2.07. The molecule has 0 radical (unpaired) electrons. The lowest BCUT2D eigenvalue weighted by molar-refractivity contribution is -0.708. The Morgan fingerprint density at radius 2 is 2.04 bits per heavy atom. The number of fused-ring (bicyclic) bond motifs is 1. The number of thiazole rings is 1. The number of benzene rings is 1. The van der Waals surface area contributed by atoms with Crippen molar-refractivity contribution in [1.29, 1.82) is 0 Å². The molecule has 4 N–H and O–H groups in total. The summed E-state index contributed by atoms with van der Waals surface area (Å²) < 4.78 is 24.1. The first-order chi connectivity index (χ1) is 11.3. The number of hydrogen-bond donors (Lipinski definition) is 2. The summed E-state index contributed by atoms with van der Waals surface area (Å²) >= 11 is 1.42. The van der Waals surface area contributed by atoms with Gasteiger partial charge in [0.2, 0.25) is 10.0 Å². The maximum Gasteiger partial charge on any atom is 0.258 e. The van der Waals surface area contributed by atoms with Crippen molar-refractivity contribution in [1.82, 2.24) is 9.38 Å². The summed E-state index contributed by atoms with van der Waals surface area (Å²) in [5, 5.41) is 8.96. The number of nitrogens with two attached hydrogens (primary N) is 2. The first kappa shape index (κ1) is 16.8. The molecular weight excluding hydrogens is 348 g/mol. The van der Waals surface area contributed by atoms with E-state index < -0.39 is 10.0 Å². The van der Waals surface area contributed by atoms with Crippen molar-refractivity contribution in [3.63, 3.8) is 0 Å². The molecule has 0 bridgehead atoms. The normalized spacial score (nSPS) is 13.2. The van der Waals surface area contributed by atoms with E-state index in [1.165, 1.54) is 33.9 Å². The second kappa shape index (κ2) is 6.44. The molecule has 0 aliphatic carbocycles. The highest BCUT2D eigenvalue weighted by atomic mass is 32.2. The molecule has 3 aromatic rings. The Morgan fingerprint density at radius 3 is 2.71 bits per heavy atom. The average Bonchev–Trinajstić information content (AvgIpc) is 3.01. The van der Waals surface area contributed by atoms with Gasteiger partial charge in [0.15, 0.2) is 4.96 Å². The van der Waals surface area contributed by atoms with Gasteiger partial charge in [-0.3, -0.25) is 9.20 Å². The minimum absolute atomic E-state index is 0.0862. The highest BCUT2D eigenvalue weighted by Crippen LogP contribution is 2.13. The summed E-state index contributed by atoms with van der Waals surface area (Å²) in [6, 6.07) is 8.10. The van der Waals surface area contributed by atoms with E-state index in [0.717, 1.165) is 11.3 Å². The van der Waals surface area contributed by atoms with Crippen LogP contribution in [0.5, 0.6) is 0 Å². The van der Waals surface area contributed by atoms with Gasteiger partial charge >= 0.3 is 0 Å². The fourth-order valence-electron chi connectivity index (χ4n) is 2.39. The number of primary sulfonamides is 1. The van der Waals surface area contributed by atoms with Crippen molar-refractivity contribution >= 4 is 26.3 Å². The van der Waals surface area contributed by atoms with Gasteiger partial charge in [-0.15, -0.1) is 11.3 Å².